The molecule has 0 aromatic heterocycles. The van der Waals surface area contributed by atoms with E-state index in [1.54, 1.807) is 0 Å². The average Bonchev–Trinajstić information content (AvgIpc) is 2.58. The van der Waals surface area contributed by atoms with Crippen LogP contribution in [0.1, 0.15) is 6.42 Å². The molecule has 1 heterocycles. The summed E-state index contributed by atoms with van der Waals surface area (Å²) in [5, 5.41) is 3.12. The van der Waals surface area contributed by atoms with Gasteiger partial charge in [0.15, 0.2) is 0 Å². The highest BCUT2D eigenvalue weighted by Crippen LogP contribution is 2.19. The fourth-order valence-electron chi connectivity index (χ4n) is 1.85. The van der Waals surface area contributed by atoms with Crippen LogP contribution in [-0.2, 0) is 10.0 Å². The first-order chi connectivity index (χ1) is 8.12. The Bertz CT molecular complexity index is 488. The summed E-state index contributed by atoms with van der Waals surface area (Å²) in [5.74, 6) is -0.690. The lowest BCUT2D eigenvalue weighted by atomic mass is 10.3. The Morgan fingerprint density at radius 3 is 2.61 bits per heavy atom. The highest BCUT2D eigenvalue weighted by atomic mass is 35.5. The third kappa shape index (κ3) is 3.20. The van der Waals surface area contributed by atoms with Gasteiger partial charge in [0.25, 0.3) is 0 Å². The van der Waals surface area contributed by atoms with Gasteiger partial charge in [0.2, 0.25) is 10.0 Å². The normalized spacial score (nSPS) is 17.8. The molecule has 0 spiro atoms. The number of nitrogens with zero attached hydrogens (tertiary/aromatic N) is 1. The Labute approximate surface area is 113 Å². The molecule has 1 aliphatic heterocycles. The topological polar surface area (TPSA) is 49.4 Å². The lowest BCUT2D eigenvalue weighted by Gasteiger charge is -2.19. The molecule has 0 atom stereocenters. The van der Waals surface area contributed by atoms with Gasteiger partial charge >= 0.3 is 0 Å². The second-order valence-corrected chi connectivity index (χ2v) is 5.84. The Kier molecular flexibility index (Phi) is 5.52. The molecule has 102 valence electrons. The number of hydrogen-bond acceptors (Lipinski definition) is 3. The maximum absolute atomic E-state index is 13.5. The van der Waals surface area contributed by atoms with Crippen LogP contribution in [0.3, 0.4) is 0 Å². The minimum Gasteiger partial charge on any atom is -0.315 e. The zero-order valence-corrected chi connectivity index (χ0v) is 11.4. The van der Waals surface area contributed by atoms with Crippen LogP contribution in [-0.4, -0.2) is 38.9 Å². The van der Waals surface area contributed by atoms with Crippen LogP contribution < -0.4 is 5.32 Å². The van der Waals surface area contributed by atoms with E-state index < -0.39 is 15.8 Å². The minimum atomic E-state index is -3.70. The molecule has 0 amide bonds. The summed E-state index contributed by atoms with van der Waals surface area (Å²) in [6, 6.07) is 5.50. The van der Waals surface area contributed by atoms with Crippen LogP contribution in [0.25, 0.3) is 0 Å². The predicted molar refractivity (Wildman–Crippen MR) is 69.9 cm³/mol. The van der Waals surface area contributed by atoms with Crippen molar-refractivity contribution < 1.29 is 12.8 Å². The first-order valence-electron chi connectivity index (χ1n) is 5.58. The summed E-state index contributed by atoms with van der Waals surface area (Å²) < 4.78 is 39.3. The van der Waals surface area contributed by atoms with E-state index in [1.807, 2.05) is 0 Å². The summed E-state index contributed by atoms with van der Waals surface area (Å²) in [4.78, 5) is -0.234. The van der Waals surface area contributed by atoms with Crippen molar-refractivity contribution >= 4 is 22.4 Å². The van der Waals surface area contributed by atoms with Crippen LogP contribution in [0.4, 0.5) is 4.39 Å². The van der Waals surface area contributed by atoms with Gasteiger partial charge in [-0.05, 0) is 25.1 Å². The van der Waals surface area contributed by atoms with E-state index in [9.17, 15) is 12.8 Å². The molecule has 1 fully saturated rings. The maximum atomic E-state index is 13.5. The van der Waals surface area contributed by atoms with E-state index >= 15 is 0 Å². The van der Waals surface area contributed by atoms with Crippen molar-refractivity contribution in [1.29, 1.82) is 0 Å². The number of nitrogens with one attached hydrogen (secondary N) is 1. The molecule has 0 aliphatic carbocycles. The second-order valence-electron chi connectivity index (χ2n) is 3.94. The molecule has 1 N–H and O–H groups in total. The van der Waals surface area contributed by atoms with Crippen LogP contribution in [0.15, 0.2) is 29.2 Å². The summed E-state index contributed by atoms with van der Waals surface area (Å²) in [5.41, 5.74) is 0. The molecular weight excluding hydrogens is 279 g/mol. The van der Waals surface area contributed by atoms with Crippen molar-refractivity contribution in [2.75, 3.05) is 26.2 Å². The molecule has 0 saturated carbocycles. The number of benzene rings is 1. The monoisotopic (exact) mass is 294 g/mol. The smallest absolute Gasteiger partial charge is 0.246 e. The summed E-state index contributed by atoms with van der Waals surface area (Å²) in [7, 11) is -3.70. The van der Waals surface area contributed by atoms with Crippen molar-refractivity contribution in [2.45, 2.75) is 11.3 Å². The zero-order chi connectivity index (χ0) is 12.3. The predicted octanol–water partition coefficient (Wildman–Crippen LogP) is 1.23. The van der Waals surface area contributed by atoms with Crippen molar-refractivity contribution in [1.82, 2.24) is 9.62 Å². The van der Waals surface area contributed by atoms with E-state index in [0.29, 0.717) is 19.6 Å². The minimum absolute atomic E-state index is 0. The van der Waals surface area contributed by atoms with Crippen LogP contribution in [0.2, 0.25) is 0 Å². The Morgan fingerprint density at radius 2 is 1.89 bits per heavy atom. The van der Waals surface area contributed by atoms with Crippen molar-refractivity contribution in [2.24, 2.45) is 0 Å². The fraction of sp³-hybridized carbons (Fsp3) is 0.455. The molecule has 0 bridgehead atoms. The van der Waals surface area contributed by atoms with Gasteiger partial charge in [0, 0.05) is 19.6 Å². The van der Waals surface area contributed by atoms with Crippen LogP contribution >= 0.6 is 12.4 Å². The molecule has 7 heteroatoms. The van der Waals surface area contributed by atoms with Crippen molar-refractivity contribution in [3.63, 3.8) is 0 Å². The van der Waals surface area contributed by atoms with Gasteiger partial charge < -0.3 is 5.32 Å². The van der Waals surface area contributed by atoms with Gasteiger partial charge in [-0.2, -0.15) is 4.31 Å². The summed E-state index contributed by atoms with van der Waals surface area (Å²) >= 11 is 0. The van der Waals surface area contributed by atoms with E-state index in [1.165, 1.54) is 28.6 Å². The largest absolute Gasteiger partial charge is 0.315 e. The highest BCUT2D eigenvalue weighted by Gasteiger charge is 2.27. The molecular formula is C11H16ClFN2O2S. The lowest BCUT2D eigenvalue weighted by molar-refractivity contribution is 0.427. The number of rotatable bonds is 2. The molecule has 1 aliphatic rings. The number of sulfonamides is 1. The third-order valence-corrected chi connectivity index (χ3v) is 4.69. The summed E-state index contributed by atoms with van der Waals surface area (Å²) in [6.45, 7) is 2.22. The number of hydrogen-bond donors (Lipinski definition) is 1. The van der Waals surface area contributed by atoms with Gasteiger partial charge in [-0.1, -0.05) is 12.1 Å². The quantitative estimate of drug-likeness (QED) is 0.893. The lowest BCUT2D eigenvalue weighted by Crippen LogP contribution is -2.34. The molecule has 1 aromatic carbocycles. The average molecular weight is 295 g/mol. The molecule has 4 nitrogen and oxygen atoms in total. The maximum Gasteiger partial charge on any atom is 0.246 e. The fourth-order valence-corrected chi connectivity index (χ4v) is 3.40. The first-order valence-corrected chi connectivity index (χ1v) is 7.02. The highest BCUT2D eigenvalue weighted by molar-refractivity contribution is 7.89. The SMILES string of the molecule is Cl.O=S(=O)(c1ccccc1F)N1CCCNCC1. The van der Waals surface area contributed by atoms with E-state index in [4.69, 9.17) is 0 Å². The summed E-state index contributed by atoms with van der Waals surface area (Å²) in [6.07, 6.45) is 0.744. The van der Waals surface area contributed by atoms with E-state index in [0.717, 1.165) is 13.0 Å². The molecule has 1 saturated heterocycles. The first kappa shape index (κ1) is 15.4. The Hall–Kier alpha value is -0.690. The Balaban J connectivity index is 0.00000162. The van der Waals surface area contributed by atoms with Crippen molar-refractivity contribution in [3.05, 3.63) is 30.1 Å². The second kappa shape index (κ2) is 6.47. The van der Waals surface area contributed by atoms with E-state index in [-0.39, 0.29) is 17.3 Å². The van der Waals surface area contributed by atoms with Crippen molar-refractivity contribution in [3.8, 4) is 0 Å². The third-order valence-electron chi connectivity index (χ3n) is 2.75. The Morgan fingerprint density at radius 1 is 1.17 bits per heavy atom. The van der Waals surface area contributed by atoms with Crippen LogP contribution in [0.5, 0.6) is 0 Å². The number of halogens is 2. The van der Waals surface area contributed by atoms with Gasteiger partial charge in [0.1, 0.15) is 10.7 Å². The molecule has 0 radical (unpaired) electrons. The molecule has 2 rings (SSSR count). The van der Waals surface area contributed by atoms with Gasteiger partial charge in [-0.25, -0.2) is 12.8 Å². The zero-order valence-electron chi connectivity index (χ0n) is 9.80. The molecule has 1 aromatic rings. The van der Waals surface area contributed by atoms with Gasteiger partial charge in [-0.15, -0.1) is 12.4 Å². The standard InChI is InChI=1S/C11H15FN2O2S.ClH/c12-10-4-1-2-5-11(10)17(15,16)14-8-3-6-13-7-9-14;/h1-2,4-5,13H,3,6-9H2;1H. The van der Waals surface area contributed by atoms with E-state index in [2.05, 4.69) is 5.32 Å². The van der Waals surface area contributed by atoms with Crippen LogP contribution in [0, 0.1) is 5.82 Å². The van der Waals surface area contributed by atoms with Gasteiger partial charge in [0.05, 0.1) is 0 Å². The molecule has 18 heavy (non-hydrogen) atoms. The molecule has 0 unspecified atom stereocenters. The van der Waals surface area contributed by atoms with Gasteiger partial charge in [-0.3, -0.25) is 0 Å².